The molecule has 5 nitrogen and oxygen atoms in total. The van der Waals surface area contributed by atoms with Gasteiger partial charge in [-0.15, -0.1) is 11.8 Å². The van der Waals surface area contributed by atoms with Crippen LogP contribution in [0.2, 0.25) is 0 Å². The molecule has 2 saturated heterocycles. The Hall–Kier alpha value is -1.69. The largest absolute Gasteiger partial charge is 0.343 e. The van der Waals surface area contributed by atoms with Gasteiger partial charge in [0.1, 0.15) is 0 Å². The minimum atomic E-state index is -0.0191. The van der Waals surface area contributed by atoms with Crippen LogP contribution >= 0.6 is 11.8 Å². The average molecular weight is 362 g/mol. The Labute approximate surface area is 154 Å². The number of anilines is 1. The van der Waals surface area contributed by atoms with E-state index in [1.54, 1.807) is 11.8 Å². The van der Waals surface area contributed by atoms with Gasteiger partial charge in [0.2, 0.25) is 5.91 Å². The number of rotatable bonds is 5. The lowest BCUT2D eigenvalue weighted by molar-refractivity contribution is -0.127. The molecule has 2 heterocycles. The summed E-state index contributed by atoms with van der Waals surface area (Å²) in [6.45, 7) is 2.45. The van der Waals surface area contributed by atoms with E-state index < -0.39 is 0 Å². The van der Waals surface area contributed by atoms with E-state index in [4.69, 9.17) is 0 Å². The summed E-state index contributed by atoms with van der Waals surface area (Å²) in [6.07, 6.45) is 7.81. The summed E-state index contributed by atoms with van der Waals surface area (Å²) >= 11 is 1.69. The van der Waals surface area contributed by atoms with Crippen molar-refractivity contribution in [2.45, 2.75) is 49.5 Å². The number of thioether (sulfide) groups is 1. The van der Waals surface area contributed by atoms with Crippen molar-refractivity contribution in [3.05, 3.63) is 24.3 Å². The summed E-state index contributed by atoms with van der Waals surface area (Å²) in [6, 6.07) is 8.15. The maximum Gasteiger partial charge on any atom is 0.322 e. The van der Waals surface area contributed by atoms with Gasteiger partial charge in [-0.25, -0.2) is 4.79 Å². The zero-order valence-corrected chi connectivity index (χ0v) is 15.7. The van der Waals surface area contributed by atoms with Crippen LogP contribution in [0.1, 0.15) is 38.5 Å². The van der Waals surface area contributed by atoms with Gasteiger partial charge in [-0.1, -0.05) is 0 Å². The van der Waals surface area contributed by atoms with E-state index in [0.29, 0.717) is 6.42 Å². The van der Waals surface area contributed by atoms with E-state index in [0.717, 1.165) is 57.4 Å². The third kappa shape index (κ3) is 4.69. The lowest BCUT2D eigenvalue weighted by Gasteiger charge is -2.36. The Morgan fingerprint density at radius 1 is 1.20 bits per heavy atom. The number of carbonyl (C=O) groups is 2. The highest BCUT2D eigenvalue weighted by Crippen LogP contribution is 2.23. The number of carbonyl (C=O) groups excluding carboxylic acids is 2. The molecular weight excluding hydrogens is 334 g/mol. The van der Waals surface area contributed by atoms with Crippen LogP contribution in [0, 0.1) is 0 Å². The van der Waals surface area contributed by atoms with Crippen LogP contribution in [0.15, 0.2) is 29.2 Å². The third-order valence-corrected chi connectivity index (χ3v) is 5.88. The minimum absolute atomic E-state index is 0.0191. The monoisotopic (exact) mass is 361 g/mol. The van der Waals surface area contributed by atoms with Crippen molar-refractivity contribution < 1.29 is 9.59 Å². The van der Waals surface area contributed by atoms with Gasteiger partial charge in [0.05, 0.1) is 0 Å². The summed E-state index contributed by atoms with van der Waals surface area (Å²) in [5.41, 5.74) is 0.835. The number of amides is 3. The van der Waals surface area contributed by atoms with Gasteiger partial charge in [-0.05, 0) is 62.6 Å². The molecule has 6 heteroatoms. The van der Waals surface area contributed by atoms with Crippen LogP contribution in [-0.2, 0) is 4.79 Å². The molecule has 2 fully saturated rings. The zero-order valence-electron chi connectivity index (χ0n) is 14.9. The number of urea groups is 1. The quantitative estimate of drug-likeness (QED) is 0.812. The average Bonchev–Trinajstić information content (AvgIpc) is 3.05. The molecule has 0 bridgehead atoms. The van der Waals surface area contributed by atoms with Crippen LogP contribution in [0.5, 0.6) is 0 Å². The highest BCUT2D eigenvalue weighted by molar-refractivity contribution is 7.98. The smallest absolute Gasteiger partial charge is 0.322 e. The fraction of sp³-hybridized carbons (Fsp3) is 0.579. The highest BCUT2D eigenvalue weighted by atomic mass is 32.2. The number of nitrogens with one attached hydrogen (secondary N) is 1. The Morgan fingerprint density at radius 2 is 2.00 bits per heavy atom. The Morgan fingerprint density at radius 3 is 2.68 bits per heavy atom. The summed E-state index contributed by atoms with van der Waals surface area (Å²) in [4.78, 5) is 29.6. The molecule has 0 saturated carbocycles. The predicted molar refractivity (Wildman–Crippen MR) is 102 cm³/mol. The first-order valence-electron chi connectivity index (χ1n) is 9.17. The minimum Gasteiger partial charge on any atom is -0.343 e. The van der Waals surface area contributed by atoms with Gasteiger partial charge < -0.3 is 15.1 Å². The van der Waals surface area contributed by atoms with Gasteiger partial charge in [0.15, 0.2) is 0 Å². The van der Waals surface area contributed by atoms with Gasteiger partial charge in [0, 0.05) is 42.7 Å². The Bertz CT molecular complexity index is 605. The van der Waals surface area contributed by atoms with Crippen LogP contribution < -0.4 is 5.32 Å². The first-order valence-corrected chi connectivity index (χ1v) is 10.4. The highest BCUT2D eigenvalue weighted by Gasteiger charge is 2.28. The molecule has 0 unspecified atom stereocenters. The number of piperidine rings is 1. The van der Waals surface area contributed by atoms with Crippen LogP contribution in [-0.4, -0.2) is 53.7 Å². The van der Waals surface area contributed by atoms with Crippen LogP contribution in [0.3, 0.4) is 0 Å². The van der Waals surface area contributed by atoms with E-state index >= 15 is 0 Å². The maximum absolute atomic E-state index is 12.7. The second kappa shape index (κ2) is 8.61. The molecule has 1 aromatic rings. The summed E-state index contributed by atoms with van der Waals surface area (Å²) in [7, 11) is 0. The SMILES string of the molecule is CSc1ccc(NC(=O)N2CCCC[C@H]2CCN2CCCC2=O)cc1. The van der Waals surface area contributed by atoms with E-state index in [1.807, 2.05) is 40.3 Å². The van der Waals surface area contributed by atoms with E-state index in [1.165, 1.54) is 4.90 Å². The standard InChI is InChI=1S/C19H27N3O2S/c1-25-17-9-7-15(8-10-17)20-19(24)22-13-3-2-5-16(22)11-14-21-12-4-6-18(21)23/h7-10,16H,2-6,11-14H2,1H3,(H,20,24)/t16-/m0/s1. The molecule has 3 rings (SSSR count). The molecule has 1 N–H and O–H groups in total. The van der Waals surface area contributed by atoms with Crippen LogP contribution in [0.4, 0.5) is 10.5 Å². The normalized spacial score (nSPS) is 20.8. The van der Waals surface area contributed by atoms with Crippen molar-refractivity contribution in [3.63, 3.8) is 0 Å². The molecule has 2 aliphatic heterocycles. The molecule has 0 radical (unpaired) electrons. The van der Waals surface area contributed by atoms with E-state index in [-0.39, 0.29) is 18.0 Å². The second-order valence-electron chi connectivity index (χ2n) is 6.77. The van der Waals surface area contributed by atoms with Gasteiger partial charge >= 0.3 is 6.03 Å². The summed E-state index contributed by atoms with van der Waals surface area (Å²) < 4.78 is 0. The zero-order chi connectivity index (χ0) is 17.6. The molecule has 3 amide bonds. The lowest BCUT2D eigenvalue weighted by Crippen LogP contribution is -2.47. The molecule has 136 valence electrons. The van der Waals surface area contributed by atoms with Crippen molar-refractivity contribution in [2.24, 2.45) is 0 Å². The topological polar surface area (TPSA) is 52.7 Å². The van der Waals surface area contributed by atoms with Gasteiger partial charge in [0.25, 0.3) is 0 Å². The number of hydrogen-bond donors (Lipinski definition) is 1. The number of nitrogens with zero attached hydrogens (tertiary/aromatic N) is 2. The summed E-state index contributed by atoms with van der Waals surface area (Å²) in [5.74, 6) is 0.265. The van der Waals surface area contributed by atoms with Crippen molar-refractivity contribution in [2.75, 3.05) is 31.2 Å². The Balaban J connectivity index is 1.57. The second-order valence-corrected chi connectivity index (χ2v) is 7.65. The van der Waals surface area contributed by atoms with Gasteiger partial charge in [-0.2, -0.15) is 0 Å². The number of benzene rings is 1. The number of hydrogen-bond acceptors (Lipinski definition) is 3. The molecule has 1 aromatic carbocycles. The summed E-state index contributed by atoms with van der Waals surface area (Å²) in [5, 5.41) is 3.03. The molecular formula is C19H27N3O2S. The molecule has 0 aromatic heterocycles. The first-order chi connectivity index (χ1) is 12.2. The van der Waals surface area contributed by atoms with Crippen molar-refractivity contribution >= 4 is 29.4 Å². The van der Waals surface area contributed by atoms with Crippen molar-refractivity contribution in [1.29, 1.82) is 0 Å². The molecule has 2 aliphatic rings. The van der Waals surface area contributed by atoms with Crippen LogP contribution in [0.25, 0.3) is 0 Å². The predicted octanol–water partition coefficient (Wildman–Crippen LogP) is 3.81. The lowest BCUT2D eigenvalue weighted by atomic mass is 9.99. The molecule has 0 spiro atoms. The van der Waals surface area contributed by atoms with Crippen molar-refractivity contribution in [3.8, 4) is 0 Å². The number of likely N-dealkylation sites (tertiary alicyclic amines) is 2. The molecule has 25 heavy (non-hydrogen) atoms. The first kappa shape index (κ1) is 18.1. The molecule has 0 aliphatic carbocycles. The van der Waals surface area contributed by atoms with E-state index in [2.05, 4.69) is 5.32 Å². The van der Waals surface area contributed by atoms with E-state index in [9.17, 15) is 9.59 Å². The molecule has 1 atom stereocenters. The fourth-order valence-electron chi connectivity index (χ4n) is 3.68. The maximum atomic E-state index is 12.7. The van der Waals surface area contributed by atoms with Crippen molar-refractivity contribution in [1.82, 2.24) is 9.80 Å². The fourth-order valence-corrected chi connectivity index (χ4v) is 4.09. The Kier molecular flexibility index (Phi) is 6.24. The third-order valence-electron chi connectivity index (χ3n) is 5.13. The van der Waals surface area contributed by atoms with Gasteiger partial charge in [-0.3, -0.25) is 4.79 Å².